The number of nitrogens with one attached hydrogen (secondary N) is 1. The molecule has 1 aromatic carbocycles. The first-order valence-corrected chi connectivity index (χ1v) is 6.82. The number of anilines is 1. The van der Waals surface area contributed by atoms with Crippen molar-refractivity contribution in [2.45, 2.75) is 32.4 Å². The van der Waals surface area contributed by atoms with Crippen LogP contribution in [-0.4, -0.2) is 27.2 Å². The number of aliphatic hydroxyl groups is 1. The van der Waals surface area contributed by atoms with E-state index in [9.17, 15) is 15.2 Å². The summed E-state index contributed by atoms with van der Waals surface area (Å²) in [5.41, 5.74) is 2.44. The van der Waals surface area contributed by atoms with Gasteiger partial charge in [0.05, 0.1) is 21.2 Å². The highest BCUT2D eigenvalue weighted by atomic mass is 32.1. The van der Waals surface area contributed by atoms with Crippen molar-refractivity contribution in [1.82, 2.24) is 4.98 Å². The molecule has 0 aliphatic carbocycles. The maximum Gasteiger partial charge on any atom is 0.319 e. The molecule has 0 aliphatic rings. The number of rotatable bonds is 5. The molecule has 2 aromatic rings. The maximum atomic E-state index is 11.2. The molecule has 0 amide bonds. The van der Waals surface area contributed by atoms with Crippen LogP contribution in [0.25, 0.3) is 10.2 Å². The quantitative estimate of drug-likeness (QED) is 0.650. The Bertz CT molecular complexity index is 597. The third-order valence-electron chi connectivity index (χ3n) is 2.75. The smallest absolute Gasteiger partial charge is 0.319 e. The highest BCUT2D eigenvalue weighted by Crippen LogP contribution is 2.34. The predicted octanol–water partition coefficient (Wildman–Crippen LogP) is 2.78. The Morgan fingerprint density at radius 3 is 2.89 bits per heavy atom. The second kappa shape index (κ2) is 5.50. The number of aromatic nitrogens is 1. The lowest BCUT2D eigenvalue weighted by Gasteiger charge is -2.16. The van der Waals surface area contributed by atoms with Crippen molar-refractivity contribution in [3.8, 4) is 0 Å². The van der Waals surface area contributed by atoms with Crippen molar-refractivity contribution < 1.29 is 10.0 Å². The first-order valence-electron chi connectivity index (χ1n) is 5.94. The van der Waals surface area contributed by atoms with E-state index in [0.717, 1.165) is 4.70 Å². The van der Waals surface area contributed by atoms with E-state index in [-0.39, 0.29) is 11.7 Å². The molecular weight excluding hydrogens is 266 g/mol. The lowest BCUT2D eigenvalue weighted by atomic mass is 10.1. The van der Waals surface area contributed by atoms with Crippen LogP contribution in [0.5, 0.6) is 0 Å². The van der Waals surface area contributed by atoms with E-state index in [0.29, 0.717) is 17.6 Å². The van der Waals surface area contributed by atoms with Crippen molar-refractivity contribution in [2.75, 3.05) is 5.32 Å². The molecule has 2 N–H and O–H groups in total. The lowest BCUT2D eigenvalue weighted by molar-refractivity contribution is -0.382. The number of nitro benzene ring substituents is 1. The number of hydrogen-bond donors (Lipinski definition) is 2. The summed E-state index contributed by atoms with van der Waals surface area (Å²) in [5.74, 6) is 0. The van der Waals surface area contributed by atoms with Crippen LogP contribution in [0.4, 0.5) is 11.4 Å². The summed E-state index contributed by atoms with van der Waals surface area (Å²) in [4.78, 5) is 14.9. The second-order valence-electron chi connectivity index (χ2n) is 4.55. The van der Waals surface area contributed by atoms with Crippen LogP contribution < -0.4 is 5.32 Å². The van der Waals surface area contributed by atoms with Gasteiger partial charge in [-0.3, -0.25) is 10.1 Å². The molecule has 6 nitrogen and oxygen atoms in total. The largest absolute Gasteiger partial charge is 0.393 e. The van der Waals surface area contributed by atoms with Gasteiger partial charge in [-0.25, -0.2) is 4.98 Å². The van der Waals surface area contributed by atoms with E-state index < -0.39 is 11.0 Å². The number of nitro groups is 1. The summed E-state index contributed by atoms with van der Waals surface area (Å²) in [6.07, 6.45) is 0.0660. The van der Waals surface area contributed by atoms with E-state index in [1.807, 2.05) is 13.0 Å². The van der Waals surface area contributed by atoms with Gasteiger partial charge < -0.3 is 10.4 Å². The Balaban J connectivity index is 2.36. The zero-order valence-corrected chi connectivity index (χ0v) is 11.5. The molecular formula is C12H15N3O3S. The van der Waals surface area contributed by atoms with Gasteiger partial charge >= 0.3 is 5.69 Å². The fourth-order valence-corrected chi connectivity index (χ4v) is 2.73. The number of fused-ring (bicyclic) bond motifs is 1. The molecule has 0 saturated carbocycles. The minimum absolute atomic E-state index is 0.00353. The molecule has 0 saturated heterocycles. The number of nitrogens with zero attached hydrogens (tertiary/aromatic N) is 2. The monoisotopic (exact) mass is 281 g/mol. The van der Waals surface area contributed by atoms with Crippen LogP contribution >= 0.6 is 11.3 Å². The van der Waals surface area contributed by atoms with Crippen molar-refractivity contribution in [3.05, 3.63) is 27.8 Å². The zero-order valence-electron chi connectivity index (χ0n) is 10.7. The van der Waals surface area contributed by atoms with Crippen molar-refractivity contribution in [1.29, 1.82) is 0 Å². The van der Waals surface area contributed by atoms with E-state index in [2.05, 4.69) is 10.3 Å². The van der Waals surface area contributed by atoms with Gasteiger partial charge in [-0.2, -0.15) is 0 Å². The second-order valence-corrected chi connectivity index (χ2v) is 5.43. The number of hydrogen-bond acceptors (Lipinski definition) is 6. The minimum atomic E-state index is -0.454. The van der Waals surface area contributed by atoms with E-state index in [1.54, 1.807) is 18.5 Å². The molecule has 0 aliphatic heterocycles. The Kier molecular flexibility index (Phi) is 3.96. The molecule has 1 aromatic heterocycles. The topological polar surface area (TPSA) is 88.3 Å². The van der Waals surface area contributed by atoms with E-state index in [4.69, 9.17) is 0 Å². The summed E-state index contributed by atoms with van der Waals surface area (Å²) >= 11 is 1.37. The normalized spacial score (nSPS) is 14.3. The molecule has 0 spiro atoms. The Labute approximate surface area is 114 Å². The number of thiazole rings is 1. The van der Waals surface area contributed by atoms with Crippen LogP contribution in [0.15, 0.2) is 17.6 Å². The van der Waals surface area contributed by atoms with Gasteiger partial charge in [-0.05, 0) is 32.4 Å². The maximum absolute atomic E-state index is 11.2. The molecule has 2 rings (SSSR count). The first-order chi connectivity index (χ1) is 8.99. The van der Waals surface area contributed by atoms with Gasteiger partial charge in [0.25, 0.3) is 0 Å². The average Bonchev–Trinajstić information content (AvgIpc) is 2.74. The van der Waals surface area contributed by atoms with Gasteiger partial charge in [0.2, 0.25) is 0 Å². The molecule has 0 bridgehead atoms. The fraction of sp³-hybridized carbons (Fsp3) is 0.417. The van der Waals surface area contributed by atoms with Crippen LogP contribution in [0.3, 0.4) is 0 Å². The van der Waals surface area contributed by atoms with Crippen molar-refractivity contribution in [3.63, 3.8) is 0 Å². The lowest BCUT2D eigenvalue weighted by Crippen LogP contribution is -2.21. The highest BCUT2D eigenvalue weighted by Gasteiger charge is 2.21. The summed E-state index contributed by atoms with van der Waals surface area (Å²) in [6, 6.07) is 3.45. The molecule has 1 heterocycles. The SMILES string of the molecule is CC(O)CC(C)Nc1ccc2scnc2c1[N+](=O)[O-]. The van der Waals surface area contributed by atoms with Gasteiger partial charge in [-0.15, -0.1) is 11.3 Å². The van der Waals surface area contributed by atoms with E-state index >= 15 is 0 Å². The van der Waals surface area contributed by atoms with Crippen LogP contribution in [0, 0.1) is 10.1 Å². The molecule has 0 radical (unpaired) electrons. The molecule has 2 unspecified atom stereocenters. The predicted molar refractivity (Wildman–Crippen MR) is 75.7 cm³/mol. The molecule has 19 heavy (non-hydrogen) atoms. The third kappa shape index (κ3) is 2.99. The number of benzene rings is 1. The summed E-state index contributed by atoms with van der Waals surface area (Å²) in [7, 11) is 0. The van der Waals surface area contributed by atoms with Crippen molar-refractivity contribution >= 4 is 32.9 Å². The Hall–Kier alpha value is -1.73. The summed E-state index contributed by atoms with van der Waals surface area (Å²) in [6.45, 7) is 3.57. The Morgan fingerprint density at radius 2 is 2.26 bits per heavy atom. The number of aliphatic hydroxyl groups excluding tert-OH is 1. The minimum Gasteiger partial charge on any atom is -0.393 e. The fourth-order valence-electron chi connectivity index (χ4n) is 2.05. The Morgan fingerprint density at radius 1 is 1.53 bits per heavy atom. The molecule has 102 valence electrons. The highest BCUT2D eigenvalue weighted by molar-refractivity contribution is 7.16. The molecule has 7 heteroatoms. The van der Waals surface area contributed by atoms with E-state index in [1.165, 1.54) is 11.3 Å². The molecule has 0 fully saturated rings. The molecule has 2 atom stereocenters. The van der Waals surface area contributed by atoms with Gasteiger partial charge in [-0.1, -0.05) is 0 Å². The van der Waals surface area contributed by atoms with Gasteiger partial charge in [0.15, 0.2) is 5.52 Å². The average molecular weight is 281 g/mol. The third-order valence-corrected chi connectivity index (χ3v) is 3.55. The van der Waals surface area contributed by atoms with Crippen molar-refractivity contribution in [2.24, 2.45) is 0 Å². The van der Waals surface area contributed by atoms with Gasteiger partial charge in [0, 0.05) is 6.04 Å². The first kappa shape index (κ1) is 13.7. The summed E-state index contributed by atoms with van der Waals surface area (Å²) < 4.78 is 0.792. The van der Waals surface area contributed by atoms with Gasteiger partial charge in [0.1, 0.15) is 5.69 Å². The standard InChI is InChI=1S/C12H15N3O3S/c1-7(5-8(2)16)14-9-3-4-10-11(13-6-19-10)12(9)15(17)18/h3-4,6-8,14,16H,5H2,1-2H3. The van der Waals surface area contributed by atoms with Crippen LogP contribution in [0.1, 0.15) is 20.3 Å². The van der Waals surface area contributed by atoms with Crippen LogP contribution in [-0.2, 0) is 0 Å². The van der Waals surface area contributed by atoms with Crippen LogP contribution in [0.2, 0.25) is 0 Å². The summed E-state index contributed by atoms with van der Waals surface area (Å²) in [5, 5.41) is 23.6. The zero-order chi connectivity index (χ0) is 14.0.